The predicted molar refractivity (Wildman–Crippen MR) is 133 cm³/mol. The van der Waals surface area contributed by atoms with Gasteiger partial charge in [0, 0.05) is 24.8 Å². The molecule has 3 heterocycles. The van der Waals surface area contributed by atoms with Gasteiger partial charge >= 0.3 is 5.97 Å². The van der Waals surface area contributed by atoms with E-state index in [2.05, 4.69) is 32.8 Å². The molecule has 1 atom stereocenters. The Hall–Kier alpha value is -3.33. The Kier molecular flexibility index (Phi) is 7.52. The molecule has 3 aromatic rings. The van der Waals surface area contributed by atoms with Crippen LogP contribution in [0.25, 0.3) is 11.0 Å². The normalized spacial score (nSPS) is 16.2. The average molecular weight is 467 g/mol. The maximum absolute atomic E-state index is 11.6. The summed E-state index contributed by atoms with van der Waals surface area (Å²) in [6.07, 6.45) is 6.97. The third-order valence-corrected chi connectivity index (χ3v) is 6.42. The lowest BCUT2D eigenvalue weighted by molar-refractivity contribution is -0.142. The number of carboxylic acid groups (broad SMARTS) is 1. The highest BCUT2D eigenvalue weighted by molar-refractivity contribution is 5.87. The number of nitrogen functional groups attached to an aromatic ring is 1. The van der Waals surface area contributed by atoms with Crippen LogP contribution in [0.15, 0.2) is 30.5 Å². The molecule has 1 aliphatic heterocycles. The molecular weight excluding hydrogens is 432 g/mol. The molecule has 0 radical (unpaired) electrons. The molecule has 0 saturated carbocycles. The lowest BCUT2D eigenvalue weighted by atomic mass is 10.1. The number of nitrogens with zero attached hydrogens (tertiary/aromatic N) is 4. The van der Waals surface area contributed by atoms with Gasteiger partial charge in [0.1, 0.15) is 17.3 Å². The predicted octanol–water partition coefficient (Wildman–Crippen LogP) is 3.72. The Morgan fingerprint density at radius 1 is 1.26 bits per heavy atom. The second-order valence-corrected chi connectivity index (χ2v) is 8.85. The van der Waals surface area contributed by atoms with Crippen LogP contribution in [0.1, 0.15) is 50.2 Å². The van der Waals surface area contributed by atoms with E-state index in [1.54, 1.807) is 7.11 Å². The minimum atomic E-state index is -0.747. The van der Waals surface area contributed by atoms with Crippen molar-refractivity contribution in [3.63, 3.8) is 0 Å². The quantitative estimate of drug-likeness (QED) is 0.366. The average Bonchev–Trinajstić information content (AvgIpc) is 3.44. The number of aliphatic carboxylic acids is 1. The van der Waals surface area contributed by atoms with E-state index in [1.807, 2.05) is 29.3 Å². The summed E-state index contributed by atoms with van der Waals surface area (Å²) in [6.45, 7) is 4.97. The van der Waals surface area contributed by atoms with Gasteiger partial charge in [0.25, 0.3) is 0 Å². The van der Waals surface area contributed by atoms with E-state index in [4.69, 9.17) is 10.5 Å². The summed E-state index contributed by atoms with van der Waals surface area (Å²) in [5.74, 6) is 1.03. The molecule has 0 aliphatic carbocycles. The molecule has 0 amide bonds. The van der Waals surface area contributed by atoms with Gasteiger partial charge in [0.05, 0.1) is 19.2 Å². The van der Waals surface area contributed by atoms with E-state index < -0.39 is 12.0 Å². The highest BCUT2D eigenvalue weighted by atomic mass is 16.5. The van der Waals surface area contributed by atoms with E-state index >= 15 is 0 Å². The van der Waals surface area contributed by atoms with Gasteiger partial charge in [-0.3, -0.25) is 9.69 Å². The van der Waals surface area contributed by atoms with Gasteiger partial charge in [0.15, 0.2) is 5.82 Å². The molecule has 4 N–H and O–H groups in total. The van der Waals surface area contributed by atoms with Crippen LogP contribution in [0.4, 0.5) is 11.8 Å². The van der Waals surface area contributed by atoms with Crippen molar-refractivity contribution in [2.45, 2.75) is 58.2 Å². The number of carboxylic acids is 1. The monoisotopic (exact) mass is 466 g/mol. The number of nitrogens with two attached hydrogens (primary N) is 1. The number of fused-ring (bicyclic) bond motifs is 1. The molecule has 0 unspecified atom stereocenters. The first-order valence-corrected chi connectivity index (χ1v) is 12.0. The molecule has 0 bridgehead atoms. The minimum absolute atomic E-state index is 0.251. The van der Waals surface area contributed by atoms with Gasteiger partial charge in [-0.2, -0.15) is 4.98 Å². The Labute approximate surface area is 199 Å². The van der Waals surface area contributed by atoms with E-state index in [0.717, 1.165) is 72.5 Å². The number of aromatic nitrogens is 3. The summed E-state index contributed by atoms with van der Waals surface area (Å²) in [7, 11) is 1.66. The summed E-state index contributed by atoms with van der Waals surface area (Å²) in [4.78, 5) is 22.5. The fourth-order valence-electron chi connectivity index (χ4n) is 4.73. The van der Waals surface area contributed by atoms with Crippen LogP contribution in [0.5, 0.6) is 5.75 Å². The second-order valence-electron chi connectivity index (χ2n) is 8.85. The number of hydrogen-bond donors (Lipinski definition) is 3. The standard InChI is InChI=1S/C25H34N6O3/c1-3-4-5-11-27-23-22-19(28-25(26)29-23)10-13-31(22)16-18-14-17(8-9-21(18)34-2)15-30-12-6-7-20(30)24(32)33/h8-10,13-14,20H,3-7,11-12,15-16H2,1-2H3,(H,32,33)(H3,26,27,28,29)/t20-/m1/s1. The van der Waals surface area contributed by atoms with Crippen LogP contribution in [-0.4, -0.2) is 56.8 Å². The number of methoxy groups -OCH3 is 1. The number of benzene rings is 1. The third-order valence-electron chi connectivity index (χ3n) is 6.42. The highest BCUT2D eigenvalue weighted by Gasteiger charge is 2.30. The first-order chi connectivity index (χ1) is 16.5. The highest BCUT2D eigenvalue weighted by Crippen LogP contribution is 2.28. The Morgan fingerprint density at radius 3 is 2.88 bits per heavy atom. The summed E-state index contributed by atoms with van der Waals surface area (Å²) in [6, 6.07) is 7.61. The van der Waals surface area contributed by atoms with E-state index in [-0.39, 0.29) is 5.95 Å². The second kappa shape index (κ2) is 10.7. The molecule has 9 nitrogen and oxygen atoms in total. The number of unbranched alkanes of at least 4 members (excludes halogenated alkanes) is 2. The van der Waals surface area contributed by atoms with Crippen LogP contribution >= 0.6 is 0 Å². The number of likely N-dealkylation sites (tertiary alicyclic amines) is 1. The molecular formula is C25H34N6O3. The largest absolute Gasteiger partial charge is 0.496 e. The minimum Gasteiger partial charge on any atom is -0.496 e. The lowest BCUT2D eigenvalue weighted by Crippen LogP contribution is -2.35. The SMILES string of the molecule is CCCCCNc1nc(N)nc2ccn(Cc3cc(CN4CCC[C@@H]4C(=O)O)ccc3OC)c12. The zero-order valence-corrected chi connectivity index (χ0v) is 20.0. The zero-order chi connectivity index (χ0) is 24.1. The number of hydrogen-bond acceptors (Lipinski definition) is 7. The van der Waals surface area contributed by atoms with Crippen molar-refractivity contribution in [1.82, 2.24) is 19.4 Å². The Morgan fingerprint density at radius 2 is 2.12 bits per heavy atom. The maximum Gasteiger partial charge on any atom is 0.320 e. The van der Waals surface area contributed by atoms with E-state index in [9.17, 15) is 9.90 Å². The van der Waals surface area contributed by atoms with Gasteiger partial charge in [-0.15, -0.1) is 0 Å². The molecule has 1 saturated heterocycles. The molecule has 4 rings (SSSR count). The van der Waals surface area contributed by atoms with Crippen LogP contribution in [0, 0.1) is 0 Å². The fourth-order valence-corrected chi connectivity index (χ4v) is 4.73. The van der Waals surface area contributed by atoms with Gasteiger partial charge < -0.3 is 25.5 Å². The molecule has 2 aromatic heterocycles. The number of anilines is 2. The summed E-state index contributed by atoms with van der Waals surface area (Å²) in [5.41, 5.74) is 9.73. The first-order valence-electron chi connectivity index (χ1n) is 12.0. The molecule has 9 heteroatoms. The smallest absolute Gasteiger partial charge is 0.320 e. The molecule has 0 spiro atoms. The number of ether oxygens (including phenoxy) is 1. The van der Waals surface area contributed by atoms with Crippen LogP contribution < -0.4 is 15.8 Å². The lowest BCUT2D eigenvalue weighted by Gasteiger charge is -2.22. The Bertz CT molecular complexity index is 1150. The van der Waals surface area contributed by atoms with Crippen molar-refractivity contribution in [2.24, 2.45) is 0 Å². The zero-order valence-electron chi connectivity index (χ0n) is 20.0. The van der Waals surface area contributed by atoms with Crippen LogP contribution in [-0.2, 0) is 17.9 Å². The Balaban J connectivity index is 1.60. The van der Waals surface area contributed by atoms with Gasteiger partial charge in [-0.1, -0.05) is 25.8 Å². The fraction of sp³-hybridized carbons (Fsp3) is 0.480. The topological polar surface area (TPSA) is 119 Å². The number of nitrogens with one attached hydrogen (secondary N) is 1. The van der Waals surface area contributed by atoms with Crippen molar-refractivity contribution >= 4 is 28.8 Å². The van der Waals surface area contributed by atoms with Gasteiger partial charge in [-0.05, 0) is 49.6 Å². The maximum atomic E-state index is 11.6. The third kappa shape index (κ3) is 5.25. The summed E-state index contributed by atoms with van der Waals surface area (Å²) < 4.78 is 7.75. The molecule has 1 fully saturated rings. The summed E-state index contributed by atoms with van der Waals surface area (Å²) in [5, 5.41) is 12.9. The van der Waals surface area contributed by atoms with Crippen molar-refractivity contribution in [2.75, 3.05) is 31.2 Å². The number of carbonyl (C=O) groups is 1. The van der Waals surface area contributed by atoms with Crippen LogP contribution in [0.3, 0.4) is 0 Å². The van der Waals surface area contributed by atoms with Crippen LogP contribution in [0.2, 0.25) is 0 Å². The molecule has 34 heavy (non-hydrogen) atoms. The summed E-state index contributed by atoms with van der Waals surface area (Å²) >= 11 is 0. The molecule has 182 valence electrons. The van der Waals surface area contributed by atoms with E-state index in [0.29, 0.717) is 19.5 Å². The number of rotatable bonds is 11. The van der Waals surface area contributed by atoms with E-state index in [1.165, 1.54) is 0 Å². The van der Waals surface area contributed by atoms with Gasteiger partial charge in [0.2, 0.25) is 5.95 Å². The van der Waals surface area contributed by atoms with Crippen molar-refractivity contribution in [3.8, 4) is 5.75 Å². The molecule has 1 aliphatic rings. The van der Waals surface area contributed by atoms with Crippen molar-refractivity contribution in [1.29, 1.82) is 0 Å². The van der Waals surface area contributed by atoms with Crippen molar-refractivity contribution < 1.29 is 14.6 Å². The van der Waals surface area contributed by atoms with Gasteiger partial charge in [-0.25, -0.2) is 4.98 Å². The van der Waals surface area contributed by atoms with Crippen molar-refractivity contribution in [3.05, 3.63) is 41.6 Å². The molecule has 1 aromatic carbocycles. The first kappa shape index (κ1) is 23.8.